The molecular formula is C33H37FN4O8S. The SMILES string of the molecule is COC(=O)Nc1ccc(S(=O)(=O)C(C)C)c([C@H]2CCCN2C(=O)C(Nc2cc(F)c3c[nH]c(O)c3c2)c2ccc(OC)c(OC)c2)c1. The van der Waals surface area contributed by atoms with E-state index in [2.05, 4.69) is 15.6 Å². The molecule has 3 aromatic carbocycles. The Bertz CT molecular complexity index is 1930. The van der Waals surface area contributed by atoms with Crippen molar-refractivity contribution >= 4 is 44.0 Å². The van der Waals surface area contributed by atoms with Crippen LogP contribution in [0.5, 0.6) is 17.4 Å². The molecule has 5 rings (SSSR count). The van der Waals surface area contributed by atoms with Crippen LogP contribution in [0.25, 0.3) is 10.8 Å². The van der Waals surface area contributed by atoms with Gasteiger partial charge in [0.1, 0.15) is 11.9 Å². The topological polar surface area (TPSA) is 159 Å². The number of aromatic hydroxyl groups is 1. The number of anilines is 2. The number of amides is 2. The highest BCUT2D eigenvalue weighted by molar-refractivity contribution is 7.92. The number of nitrogens with zero attached hydrogens (tertiary/aromatic N) is 1. The number of carbonyl (C=O) groups is 2. The molecule has 1 fully saturated rings. The number of ether oxygens (including phenoxy) is 3. The van der Waals surface area contributed by atoms with Gasteiger partial charge in [-0.2, -0.15) is 0 Å². The van der Waals surface area contributed by atoms with Crippen LogP contribution in [0.4, 0.5) is 20.6 Å². The number of rotatable bonds is 10. The molecule has 1 saturated heterocycles. The number of hydrogen-bond acceptors (Lipinski definition) is 9. The lowest BCUT2D eigenvalue weighted by Crippen LogP contribution is -2.38. The molecule has 0 aliphatic carbocycles. The number of aromatic nitrogens is 1. The second kappa shape index (κ2) is 13.4. The standard InChI is InChI=1S/C33H37FN4O8S/c1-18(2)47(42,43)29-11-9-20(37-33(41)46-5)14-23(29)26-7-6-12-38(26)32(40)30(19-8-10-27(44-3)28(13-19)45-4)36-21-15-22-24(25(34)16-21)17-35-31(22)39/h8-11,13-18,26,30,35-36,39H,6-7,12H2,1-5H3,(H,37,41)/t26-,30?/m1/s1. The molecule has 0 spiro atoms. The highest BCUT2D eigenvalue weighted by Crippen LogP contribution is 2.41. The van der Waals surface area contributed by atoms with Crippen molar-refractivity contribution in [3.05, 3.63) is 71.7 Å². The maximum absolute atomic E-state index is 15.1. The van der Waals surface area contributed by atoms with Gasteiger partial charge in [-0.05, 0) is 80.3 Å². The number of methoxy groups -OCH3 is 3. The number of nitrogens with one attached hydrogen (secondary N) is 3. The summed E-state index contributed by atoms with van der Waals surface area (Å²) < 4.78 is 57.8. The average Bonchev–Trinajstić information content (AvgIpc) is 3.70. The fraction of sp³-hybridized carbons (Fsp3) is 0.333. The summed E-state index contributed by atoms with van der Waals surface area (Å²) in [5, 5.41) is 15.6. The Balaban J connectivity index is 1.61. The second-order valence-electron chi connectivity index (χ2n) is 11.4. The fourth-order valence-electron chi connectivity index (χ4n) is 5.84. The number of hydrogen-bond donors (Lipinski definition) is 4. The zero-order valence-corrected chi connectivity index (χ0v) is 27.4. The fourth-order valence-corrected chi connectivity index (χ4v) is 7.13. The molecule has 4 aromatic rings. The molecule has 12 nitrogen and oxygen atoms in total. The maximum atomic E-state index is 15.1. The third kappa shape index (κ3) is 6.50. The molecule has 0 radical (unpaired) electrons. The highest BCUT2D eigenvalue weighted by atomic mass is 32.2. The third-order valence-corrected chi connectivity index (χ3v) is 10.5. The van der Waals surface area contributed by atoms with Crippen molar-refractivity contribution in [3.63, 3.8) is 0 Å². The van der Waals surface area contributed by atoms with Gasteiger partial charge in [-0.3, -0.25) is 10.1 Å². The molecule has 4 N–H and O–H groups in total. The van der Waals surface area contributed by atoms with Crippen LogP contribution in [0.3, 0.4) is 0 Å². The summed E-state index contributed by atoms with van der Waals surface area (Å²) in [7, 11) is 0.364. The first-order valence-corrected chi connectivity index (χ1v) is 16.5. The third-order valence-electron chi connectivity index (χ3n) is 8.30. The Morgan fingerprint density at radius 2 is 1.74 bits per heavy atom. The van der Waals surface area contributed by atoms with Crippen LogP contribution in [-0.4, -0.2) is 68.5 Å². The predicted molar refractivity (Wildman–Crippen MR) is 174 cm³/mol. The van der Waals surface area contributed by atoms with E-state index in [1.165, 1.54) is 51.8 Å². The summed E-state index contributed by atoms with van der Waals surface area (Å²) in [4.78, 5) is 30.9. The van der Waals surface area contributed by atoms with Crippen molar-refractivity contribution in [3.8, 4) is 17.4 Å². The first-order chi connectivity index (χ1) is 22.4. The van der Waals surface area contributed by atoms with Crippen molar-refractivity contribution in [2.75, 3.05) is 38.5 Å². The monoisotopic (exact) mass is 668 g/mol. The van der Waals surface area contributed by atoms with Gasteiger partial charge in [0, 0.05) is 34.9 Å². The number of halogens is 1. The quantitative estimate of drug-likeness (QED) is 0.161. The number of carbonyl (C=O) groups excluding carboxylic acids is 2. The van der Waals surface area contributed by atoms with E-state index >= 15 is 4.39 Å². The lowest BCUT2D eigenvalue weighted by atomic mass is 10.0. The van der Waals surface area contributed by atoms with Crippen LogP contribution >= 0.6 is 0 Å². The molecule has 250 valence electrons. The highest BCUT2D eigenvalue weighted by Gasteiger charge is 2.38. The number of likely N-dealkylation sites (tertiary alicyclic amines) is 1. The molecule has 0 bridgehead atoms. The molecule has 2 heterocycles. The Labute approximate surface area is 271 Å². The molecule has 47 heavy (non-hydrogen) atoms. The molecule has 1 aromatic heterocycles. The van der Waals surface area contributed by atoms with Gasteiger partial charge in [-0.25, -0.2) is 17.6 Å². The summed E-state index contributed by atoms with van der Waals surface area (Å²) in [5.41, 5.74) is 1.35. The minimum absolute atomic E-state index is 0.0543. The van der Waals surface area contributed by atoms with Crippen LogP contribution < -0.4 is 20.1 Å². The lowest BCUT2D eigenvalue weighted by molar-refractivity contribution is -0.133. The summed E-state index contributed by atoms with van der Waals surface area (Å²) in [5.74, 6) is -0.463. The van der Waals surface area contributed by atoms with Gasteiger partial charge < -0.3 is 34.5 Å². The minimum Gasteiger partial charge on any atom is -0.494 e. The van der Waals surface area contributed by atoms with E-state index in [9.17, 15) is 23.1 Å². The van der Waals surface area contributed by atoms with Crippen LogP contribution in [-0.2, 0) is 19.4 Å². The molecule has 1 unspecified atom stereocenters. The van der Waals surface area contributed by atoms with Gasteiger partial charge in [0.2, 0.25) is 5.91 Å². The van der Waals surface area contributed by atoms with E-state index in [1.54, 1.807) is 43.0 Å². The molecule has 1 aliphatic heterocycles. The van der Waals surface area contributed by atoms with E-state index in [0.29, 0.717) is 47.7 Å². The van der Waals surface area contributed by atoms with Gasteiger partial charge in [0.15, 0.2) is 27.2 Å². The normalized spacial score (nSPS) is 15.5. The van der Waals surface area contributed by atoms with Gasteiger partial charge >= 0.3 is 6.09 Å². The van der Waals surface area contributed by atoms with Crippen molar-refractivity contribution in [1.82, 2.24) is 9.88 Å². The molecule has 2 amide bonds. The van der Waals surface area contributed by atoms with E-state index in [4.69, 9.17) is 14.2 Å². The molecule has 2 atom stereocenters. The van der Waals surface area contributed by atoms with Gasteiger partial charge in [0.05, 0.1) is 37.5 Å². The number of benzene rings is 3. The van der Waals surface area contributed by atoms with Crippen LogP contribution in [0.1, 0.15) is 49.9 Å². The second-order valence-corrected chi connectivity index (χ2v) is 13.9. The van der Waals surface area contributed by atoms with Crippen molar-refractivity contribution in [2.45, 2.75) is 48.9 Å². The van der Waals surface area contributed by atoms with Crippen molar-refractivity contribution in [1.29, 1.82) is 0 Å². The van der Waals surface area contributed by atoms with Gasteiger partial charge in [-0.1, -0.05) is 6.07 Å². The Hall–Kier alpha value is -4.98. The minimum atomic E-state index is -3.80. The first-order valence-electron chi connectivity index (χ1n) is 14.9. The molecular weight excluding hydrogens is 631 g/mol. The zero-order chi connectivity index (χ0) is 34.0. The Kier molecular flexibility index (Phi) is 9.52. The number of sulfone groups is 1. The number of fused-ring (bicyclic) bond motifs is 1. The molecule has 1 aliphatic rings. The van der Waals surface area contributed by atoms with Crippen LogP contribution in [0.15, 0.2) is 59.6 Å². The molecule has 14 heteroatoms. The largest absolute Gasteiger partial charge is 0.494 e. The summed E-state index contributed by atoms with van der Waals surface area (Å²) in [6.45, 7) is 3.45. The average molecular weight is 669 g/mol. The smallest absolute Gasteiger partial charge is 0.411 e. The van der Waals surface area contributed by atoms with Gasteiger partial charge in [-0.15, -0.1) is 0 Å². The number of H-pyrrole nitrogens is 1. The lowest BCUT2D eigenvalue weighted by Gasteiger charge is -2.32. The molecule has 0 saturated carbocycles. The van der Waals surface area contributed by atoms with E-state index < -0.39 is 45.0 Å². The summed E-state index contributed by atoms with van der Waals surface area (Å²) >= 11 is 0. The van der Waals surface area contributed by atoms with Gasteiger partial charge in [0.25, 0.3) is 0 Å². The Morgan fingerprint density at radius 1 is 1.00 bits per heavy atom. The van der Waals surface area contributed by atoms with Crippen molar-refractivity contribution in [2.24, 2.45) is 0 Å². The summed E-state index contributed by atoms with van der Waals surface area (Å²) in [6, 6.07) is 10.4. The number of aromatic amines is 1. The van der Waals surface area contributed by atoms with E-state index in [-0.39, 0.29) is 27.2 Å². The predicted octanol–water partition coefficient (Wildman–Crippen LogP) is 5.91. The van der Waals surface area contributed by atoms with Crippen molar-refractivity contribution < 1.29 is 41.7 Å². The Morgan fingerprint density at radius 3 is 2.43 bits per heavy atom. The summed E-state index contributed by atoms with van der Waals surface area (Å²) in [6.07, 6.45) is 1.64. The van der Waals surface area contributed by atoms with Crippen LogP contribution in [0.2, 0.25) is 0 Å². The first kappa shape index (κ1) is 33.4. The maximum Gasteiger partial charge on any atom is 0.411 e. The van der Waals surface area contributed by atoms with E-state index in [1.807, 2.05) is 0 Å². The zero-order valence-electron chi connectivity index (χ0n) is 26.6. The van der Waals surface area contributed by atoms with E-state index in [0.717, 1.165) is 0 Å². The van der Waals surface area contributed by atoms with Crippen LogP contribution in [0, 0.1) is 5.82 Å².